The summed E-state index contributed by atoms with van der Waals surface area (Å²) in [6.07, 6.45) is 2.74. The van der Waals surface area contributed by atoms with Crippen molar-refractivity contribution in [1.29, 1.82) is 0 Å². The Morgan fingerprint density at radius 3 is 2.78 bits per heavy atom. The number of pyridine rings is 2. The van der Waals surface area contributed by atoms with Gasteiger partial charge in [-0.2, -0.15) is 5.10 Å². The Morgan fingerprint density at radius 2 is 2.05 bits per heavy atom. The molecule has 3 heterocycles. The highest BCUT2D eigenvalue weighted by molar-refractivity contribution is 6.29. The summed E-state index contributed by atoms with van der Waals surface area (Å²) in [7, 11) is 3.23. The minimum Gasteiger partial charge on any atom is -0.494 e. The standard InChI is InChI=1S/C25H27ClN8O3/c1-14-5-6-22(27)32-20(14)12-37-11-15-7-16(24-30-13-34(3)33-24)23(36-4)19(8-15)31-18-9-21(26)29-10-17(18)25(35)28-2/h5-10,13H,11-12H2,1-4H3,(H2,27,32)(H,28,35)(H,29,31)/i2D3. The Hall–Kier alpha value is -4.22. The predicted molar refractivity (Wildman–Crippen MR) is 141 cm³/mol. The van der Waals surface area contributed by atoms with Gasteiger partial charge in [-0.3, -0.25) is 9.48 Å². The number of methoxy groups -OCH3 is 1. The van der Waals surface area contributed by atoms with Crippen LogP contribution in [0.15, 0.2) is 42.9 Å². The van der Waals surface area contributed by atoms with Crippen LogP contribution in [0, 0.1) is 6.92 Å². The molecule has 0 unspecified atom stereocenters. The van der Waals surface area contributed by atoms with Crippen molar-refractivity contribution in [3.63, 3.8) is 0 Å². The Kier molecular flexibility index (Phi) is 6.68. The highest BCUT2D eigenvalue weighted by Crippen LogP contribution is 2.39. The van der Waals surface area contributed by atoms with Crippen LogP contribution in [0.5, 0.6) is 5.75 Å². The molecule has 0 saturated heterocycles. The summed E-state index contributed by atoms with van der Waals surface area (Å²) in [5.74, 6) is 0.309. The number of rotatable bonds is 9. The average Bonchev–Trinajstić information content (AvgIpc) is 3.31. The van der Waals surface area contributed by atoms with E-state index in [1.54, 1.807) is 30.2 Å². The fourth-order valence-electron chi connectivity index (χ4n) is 3.64. The van der Waals surface area contributed by atoms with E-state index in [0.717, 1.165) is 16.8 Å². The second-order valence-corrected chi connectivity index (χ2v) is 8.48. The normalized spacial score (nSPS) is 12.4. The van der Waals surface area contributed by atoms with E-state index in [-0.39, 0.29) is 29.6 Å². The maximum absolute atomic E-state index is 12.7. The third-order valence-electron chi connectivity index (χ3n) is 5.42. The summed E-state index contributed by atoms with van der Waals surface area (Å²) in [5.41, 5.74) is 9.36. The molecule has 1 amide bonds. The molecule has 37 heavy (non-hydrogen) atoms. The number of nitrogens with two attached hydrogens (primary N) is 1. The first-order valence-corrected chi connectivity index (χ1v) is 11.4. The maximum Gasteiger partial charge on any atom is 0.254 e. The van der Waals surface area contributed by atoms with Gasteiger partial charge < -0.3 is 25.8 Å². The molecule has 0 radical (unpaired) electrons. The monoisotopic (exact) mass is 525 g/mol. The number of hydrogen-bond donors (Lipinski definition) is 3. The summed E-state index contributed by atoms with van der Waals surface area (Å²) in [6.45, 7) is -0.372. The molecule has 11 nitrogen and oxygen atoms in total. The molecule has 192 valence electrons. The van der Waals surface area contributed by atoms with Gasteiger partial charge in [0.15, 0.2) is 11.6 Å². The highest BCUT2D eigenvalue weighted by Gasteiger charge is 2.19. The molecule has 4 N–H and O–H groups in total. The van der Waals surface area contributed by atoms with E-state index >= 15 is 0 Å². The van der Waals surface area contributed by atoms with Crippen LogP contribution in [0.4, 0.5) is 17.2 Å². The second kappa shape index (κ2) is 11.2. The van der Waals surface area contributed by atoms with E-state index in [0.29, 0.717) is 28.6 Å². The van der Waals surface area contributed by atoms with Crippen LogP contribution in [0.25, 0.3) is 11.4 Å². The molecule has 0 bridgehead atoms. The van der Waals surface area contributed by atoms with Crippen molar-refractivity contribution in [2.45, 2.75) is 20.1 Å². The molecule has 0 aliphatic heterocycles. The smallest absolute Gasteiger partial charge is 0.254 e. The van der Waals surface area contributed by atoms with Gasteiger partial charge >= 0.3 is 0 Å². The Labute approximate surface area is 223 Å². The zero-order valence-corrected chi connectivity index (χ0v) is 21.1. The quantitative estimate of drug-likeness (QED) is 0.279. The Balaban J connectivity index is 1.72. The molecule has 0 aliphatic carbocycles. The first-order valence-electron chi connectivity index (χ1n) is 12.5. The van der Waals surface area contributed by atoms with Crippen molar-refractivity contribution >= 4 is 34.7 Å². The molecule has 0 spiro atoms. The fraction of sp³-hybridized carbons (Fsp3) is 0.240. The van der Waals surface area contributed by atoms with E-state index in [2.05, 4.69) is 25.4 Å². The molecular weight excluding hydrogens is 496 g/mol. The highest BCUT2D eigenvalue weighted by atomic mass is 35.5. The van der Waals surface area contributed by atoms with Crippen LogP contribution >= 0.6 is 11.6 Å². The van der Waals surface area contributed by atoms with E-state index < -0.39 is 12.9 Å². The largest absolute Gasteiger partial charge is 0.494 e. The van der Waals surface area contributed by atoms with Crippen molar-refractivity contribution in [3.8, 4) is 17.1 Å². The molecular formula is C25H27ClN8O3. The van der Waals surface area contributed by atoms with Crippen LogP contribution in [-0.4, -0.2) is 44.7 Å². The summed E-state index contributed by atoms with van der Waals surface area (Å²) in [6, 6.07) is 8.61. The van der Waals surface area contributed by atoms with Crippen molar-refractivity contribution in [1.82, 2.24) is 30.0 Å². The molecule has 0 saturated carbocycles. The first kappa shape index (κ1) is 22.0. The molecule has 4 aromatic rings. The van der Waals surface area contributed by atoms with Crippen LogP contribution in [0.3, 0.4) is 0 Å². The van der Waals surface area contributed by atoms with Crippen LogP contribution in [-0.2, 0) is 25.0 Å². The summed E-state index contributed by atoms with van der Waals surface area (Å²) in [4.78, 5) is 25.4. The topological polar surface area (TPSA) is 142 Å². The number of hydrogen-bond acceptors (Lipinski definition) is 9. The van der Waals surface area contributed by atoms with Crippen molar-refractivity contribution < 1.29 is 18.4 Å². The van der Waals surface area contributed by atoms with E-state index in [1.807, 2.05) is 24.4 Å². The number of benzene rings is 1. The number of anilines is 3. The lowest BCUT2D eigenvalue weighted by molar-refractivity contribution is 0.0963. The van der Waals surface area contributed by atoms with Gasteiger partial charge in [0.2, 0.25) is 0 Å². The number of nitrogens with zero attached hydrogens (tertiary/aromatic N) is 5. The summed E-state index contributed by atoms with van der Waals surface area (Å²) < 4.78 is 35.4. The SMILES string of the molecule is [2H]C([2H])([2H])NC(=O)c1cnc(Cl)cc1Nc1cc(COCc2nc(N)ccc2C)cc(-c2ncn(C)n2)c1OC. The molecule has 0 aliphatic rings. The molecule has 12 heteroatoms. The van der Waals surface area contributed by atoms with Crippen LogP contribution < -0.4 is 21.1 Å². The number of carbonyl (C=O) groups excluding carboxylic acids is 1. The van der Waals surface area contributed by atoms with Gasteiger partial charge in [-0.25, -0.2) is 15.0 Å². The van der Waals surface area contributed by atoms with E-state index in [1.165, 1.54) is 19.4 Å². The van der Waals surface area contributed by atoms with Gasteiger partial charge in [-0.1, -0.05) is 17.7 Å². The number of ether oxygens (including phenoxy) is 2. The summed E-state index contributed by atoms with van der Waals surface area (Å²) >= 11 is 6.12. The van der Waals surface area contributed by atoms with Gasteiger partial charge in [0.1, 0.15) is 17.3 Å². The number of amides is 1. The minimum absolute atomic E-state index is 0.0371. The number of halogens is 1. The Morgan fingerprint density at radius 1 is 1.22 bits per heavy atom. The second-order valence-electron chi connectivity index (χ2n) is 8.09. The number of carbonyl (C=O) groups is 1. The zero-order valence-electron chi connectivity index (χ0n) is 23.4. The molecule has 0 fully saturated rings. The first-order chi connectivity index (χ1) is 18.9. The van der Waals surface area contributed by atoms with Crippen molar-refractivity contribution in [2.75, 3.05) is 25.1 Å². The predicted octanol–water partition coefficient (Wildman–Crippen LogP) is 3.64. The lowest BCUT2D eigenvalue weighted by Gasteiger charge is -2.18. The number of nitrogens with one attached hydrogen (secondary N) is 2. The van der Waals surface area contributed by atoms with Crippen molar-refractivity contribution in [2.24, 2.45) is 7.05 Å². The van der Waals surface area contributed by atoms with Crippen LogP contribution in [0.1, 0.15) is 31.3 Å². The van der Waals surface area contributed by atoms with Gasteiger partial charge in [0, 0.05) is 24.3 Å². The lowest BCUT2D eigenvalue weighted by atomic mass is 10.1. The zero-order chi connectivity index (χ0) is 29.0. The number of aromatic nitrogens is 5. The average molecular weight is 526 g/mol. The van der Waals surface area contributed by atoms with Crippen molar-refractivity contribution in [3.05, 3.63) is 70.4 Å². The van der Waals surface area contributed by atoms with Crippen LogP contribution in [0.2, 0.25) is 5.15 Å². The summed E-state index contributed by atoms with van der Waals surface area (Å²) in [5, 5.41) is 9.59. The third kappa shape index (κ3) is 5.96. The lowest BCUT2D eigenvalue weighted by Crippen LogP contribution is -2.19. The maximum atomic E-state index is 12.7. The molecule has 0 atom stereocenters. The Bertz CT molecular complexity index is 1540. The van der Waals surface area contributed by atoms with Gasteiger partial charge in [-0.15, -0.1) is 0 Å². The van der Waals surface area contributed by atoms with E-state index in [4.69, 9.17) is 30.9 Å². The fourth-order valence-corrected chi connectivity index (χ4v) is 3.80. The van der Waals surface area contributed by atoms with E-state index in [9.17, 15) is 4.79 Å². The third-order valence-corrected chi connectivity index (χ3v) is 5.63. The molecule has 4 rings (SSSR count). The van der Waals surface area contributed by atoms with Gasteiger partial charge in [0.25, 0.3) is 5.91 Å². The van der Waals surface area contributed by atoms with Gasteiger partial charge in [-0.05, 0) is 42.3 Å². The number of nitrogen functional groups attached to an aromatic ring is 1. The molecule has 1 aromatic carbocycles. The number of aryl methyl sites for hydroxylation is 2. The van der Waals surface area contributed by atoms with Gasteiger partial charge in [0.05, 0.1) is 48.5 Å². The molecule has 3 aromatic heterocycles. The minimum atomic E-state index is -2.70.